The van der Waals surface area contributed by atoms with Crippen LogP contribution in [0.5, 0.6) is 0 Å². The smallest absolute Gasteiger partial charge is 0.241 e. The van der Waals surface area contributed by atoms with Gasteiger partial charge in [-0.25, -0.2) is 0 Å². The van der Waals surface area contributed by atoms with E-state index < -0.39 is 0 Å². The molecule has 5 heteroatoms. The zero-order valence-corrected chi connectivity index (χ0v) is 12.0. The van der Waals surface area contributed by atoms with Gasteiger partial charge in [0, 0.05) is 6.61 Å². The van der Waals surface area contributed by atoms with Crippen LogP contribution in [0, 0.1) is 0 Å². The third-order valence-electron chi connectivity index (χ3n) is 3.93. The Kier molecular flexibility index (Phi) is 3.86. The second-order valence-electron chi connectivity index (χ2n) is 5.23. The number of ether oxygens (including phenoxy) is 1. The first-order chi connectivity index (χ1) is 9.31. The van der Waals surface area contributed by atoms with Crippen molar-refractivity contribution in [3.63, 3.8) is 0 Å². The lowest BCUT2D eigenvalue weighted by atomic mass is 10.1. The maximum absolute atomic E-state index is 12.6. The Morgan fingerprint density at radius 1 is 1.58 bits per heavy atom. The highest BCUT2D eigenvalue weighted by Crippen LogP contribution is 2.32. The Hall–Kier alpha value is -0.910. The fourth-order valence-electron chi connectivity index (χ4n) is 2.96. The molecule has 2 aliphatic rings. The standard InChI is InChI=1S/C14H20N2O2S/c1-2-3-12-14(17)16(11-4-6-18-8-11)13(15-12)10-5-7-19-9-10/h5,7,9,11-13,15H,2-4,6,8H2,1H3. The fourth-order valence-corrected chi connectivity index (χ4v) is 3.64. The number of nitrogens with one attached hydrogen (secondary N) is 1. The van der Waals surface area contributed by atoms with Crippen molar-refractivity contribution in [3.8, 4) is 0 Å². The molecule has 1 N–H and O–H groups in total. The monoisotopic (exact) mass is 280 g/mol. The quantitative estimate of drug-likeness (QED) is 0.918. The first-order valence-electron chi connectivity index (χ1n) is 6.99. The van der Waals surface area contributed by atoms with Gasteiger partial charge in [0.15, 0.2) is 0 Å². The molecule has 0 aromatic carbocycles. The summed E-state index contributed by atoms with van der Waals surface area (Å²) < 4.78 is 5.46. The summed E-state index contributed by atoms with van der Waals surface area (Å²) in [5.74, 6) is 0.244. The zero-order chi connectivity index (χ0) is 13.2. The van der Waals surface area contributed by atoms with Crippen LogP contribution >= 0.6 is 11.3 Å². The third-order valence-corrected chi connectivity index (χ3v) is 4.63. The first kappa shape index (κ1) is 13.1. The van der Waals surface area contributed by atoms with Crippen LogP contribution in [0.15, 0.2) is 16.8 Å². The number of nitrogens with zero attached hydrogens (tertiary/aromatic N) is 1. The molecule has 19 heavy (non-hydrogen) atoms. The largest absolute Gasteiger partial charge is 0.379 e. The number of rotatable bonds is 4. The Bertz CT molecular complexity index is 429. The van der Waals surface area contributed by atoms with E-state index in [4.69, 9.17) is 4.74 Å². The van der Waals surface area contributed by atoms with E-state index in [2.05, 4.69) is 29.1 Å². The summed E-state index contributed by atoms with van der Waals surface area (Å²) in [4.78, 5) is 14.6. The summed E-state index contributed by atoms with van der Waals surface area (Å²) in [5, 5.41) is 7.69. The van der Waals surface area contributed by atoms with E-state index in [-0.39, 0.29) is 24.2 Å². The summed E-state index contributed by atoms with van der Waals surface area (Å²) in [6.07, 6.45) is 2.91. The predicted molar refractivity (Wildman–Crippen MR) is 75.0 cm³/mol. The van der Waals surface area contributed by atoms with E-state index in [1.807, 2.05) is 4.90 Å². The van der Waals surface area contributed by atoms with Gasteiger partial charge in [-0.3, -0.25) is 10.1 Å². The van der Waals surface area contributed by atoms with E-state index in [1.165, 1.54) is 5.56 Å². The summed E-state index contributed by atoms with van der Waals surface area (Å²) in [5.41, 5.74) is 1.20. The lowest BCUT2D eigenvalue weighted by Gasteiger charge is -2.28. The molecule has 3 heterocycles. The molecule has 104 valence electrons. The molecule has 2 aliphatic heterocycles. The van der Waals surface area contributed by atoms with Crippen LogP contribution in [0.3, 0.4) is 0 Å². The third kappa shape index (κ3) is 2.42. The molecule has 0 radical (unpaired) electrons. The van der Waals surface area contributed by atoms with E-state index in [0.29, 0.717) is 6.61 Å². The van der Waals surface area contributed by atoms with Crippen molar-refractivity contribution in [1.82, 2.24) is 10.2 Å². The number of thiophene rings is 1. The minimum Gasteiger partial charge on any atom is -0.379 e. The van der Waals surface area contributed by atoms with Crippen molar-refractivity contribution in [3.05, 3.63) is 22.4 Å². The molecular weight excluding hydrogens is 260 g/mol. The summed E-state index contributed by atoms with van der Waals surface area (Å²) in [6, 6.07) is 2.30. The van der Waals surface area contributed by atoms with Gasteiger partial charge in [-0.2, -0.15) is 11.3 Å². The molecular formula is C14H20N2O2S. The van der Waals surface area contributed by atoms with Crippen molar-refractivity contribution < 1.29 is 9.53 Å². The SMILES string of the molecule is CCCC1NC(c2ccsc2)N(C2CCOC2)C1=O. The van der Waals surface area contributed by atoms with Crippen molar-refractivity contribution in [2.24, 2.45) is 0 Å². The van der Waals surface area contributed by atoms with Gasteiger partial charge in [-0.05, 0) is 35.2 Å². The van der Waals surface area contributed by atoms with Crippen LogP contribution in [0.2, 0.25) is 0 Å². The van der Waals surface area contributed by atoms with Crippen molar-refractivity contribution in [2.45, 2.75) is 44.4 Å². The molecule has 3 rings (SSSR count). The lowest BCUT2D eigenvalue weighted by molar-refractivity contribution is -0.132. The molecule has 4 nitrogen and oxygen atoms in total. The van der Waals surface area contributed by atoms with Crippen molar-refractivity contribution in [1.29, 1.82) is 0 Å². The number of hydrogen-bond acceptors (Lipinski definition) is 4. The maximum atomic E-state index is 12.6. The van der Waals surface area contributed by atoms with E-state index in [1.54, 1.807) is 11.3 Å². The van der Waals surface area contributed by atoms with Crippen LogP contribution in [0.4, 0.5) is 0 Å². The summed E-state index contributed by atoms with van der Waals surface area (Å²) >= 11 is 1.68. The molecule has 1 aromatic rings. The molecule has 0 spiro atoms. The molecule has 2 fully saturated rings. The van der Waals surface area contributed by atoms with Gasteiger partial charge in [0.1, 0.15) is 6.17 Å². The second kappa shape index (κ2) is 5.61. The van der Waals surface area contributed by atoms with Gasteiger partial charge in [0.2, 0.25) is 5.91 Å². The van der Waals surface area contributed by atoms with E-state index >= 15 is 0 Å². The van der Waals surface area contributed by atoms with Gasteiger partial charge in [-0.1, -0.05) is 13.3 Å². The van der Waals surface area contributed by atoms with Crippen LogP contribution in [-0.4, -0.2) is 36.1 Å². The zero-order valence-electron chi connectivity index (χ0n) is 11.2. The topological polar surface area (TPSA) is 41.6 Å². The van der Waals surface area contributed by atoms with Gasteiger partial charge >= 0.3 is 0 Å². The van der Waals surface area contributed by atoms with Crippen molar-refractivity contribution in [2.75, 3.05) is 13.2 Å². The fraction of sp³-hybridized carbons (Fsp3) is 0.643. The van der Waals surface area contributed by atoms with E-state index in [0.717, 1.165) is 25.9 Å². The number of carbonyl (C=O) groups is 1. The average Bonchev–Trinajstić information content (AvgIpc) is 3.11. The van der Waals surface area contributed by atoms with Gasteiger partial charge in [0.05, 0.1) is 18.7 Å². The molecule has 3 atom stereocenters. The summed E-state index contributed by atoms with van der Waals surface area (Å²) in [6.45, 7) is 3.56. The molecule has 1 amide bonds. The molecule has 0 aliphatic carbocycles. The van der Waals surface area contributed by atoms with Gasteiger partial charge in [-0.15, -0.1) is 0 Å². The summed E-state index contributed by atoms with van der Waals surface area (Å²) in [7, 11) is 0. The predicted octanol–water partition coefficient (Wildman–Crippen LogP) is 2.14. The first-order valence-corrected chi connectivity index (χ1v) is 7.93. The van der Waals surface area contributed by atoms with Gasteiger partial charge in [0.25, 0.3) is 0 Å². The normalized spacial score (nSPS) is 31.3. The molecule has 0 bridgehead atoms. The Morgan fingerprint density at radius 3 is 3.11 bits per heavy atom. The highest BCUT2D eigenvalue weighted by molar-refractivity contribution is 7.07. The van der Waals surface area contributed by atoms with E-state index in [9.17, 15) is 4.79 Å². The molecule has 2 saturated heterocycles. The highest BCUT2D eigenvalue weighted by Gasteiger charge is 2.43. The highest BCUT2D eigenvalue weighted by atomic mass is 32.1. The number of hydrogen-bond donors (Lipinski definition) is 1. The van der Waals surface area contributed by atoms with Crippen molar-refractivity contribution >= 4 is 17.2 Å². The Labute approximate surface area is 117 Å². The van der Waals surface area contributed by atoms with Crippen LogP contribution < -0.4 is 5.32 Å². The lowest BCUT2D eigenvalue weighted by Crippen LogP contribution is -2.40. The van der Waals surface area contributed by atoms with Crippen LogP contribution in [0.25, 0.3) is 0 Å². The minimum absolute atomic E-state index is 0.0296. The minimum atomic E-state index is -0.0319. The molecule has 3 unspecified atom stereocenters. The Morgan fingerprint density at radius 2 is 2.47 bits per heavy atom. The number of amides is 1. The van der Waals surface area contributed by atoms with Crippen LogP contribution in [0.1, 0.15) is 37.9 Å². The van der Waals surface area contributed by atoms with Gasteiger partial charge < -0.3 is 9.64 Å². The number of carbonyl (C=O) groups excluding carboxylic acids is 1. The average molecular weight is 280 g/mol. The van der Waals surface area contributed by atoms with Crippen LogP contribution in [-0.2, 0) is 9.53 Å². The molecule has 1 aromatic heterocycles. The molecule has 0 saturated carbocycles. The second-order valence-corrected chi connectivity index (χ2v) is 6.01. The Balaban J connectivity index is 1.85. The maximum Gasteiger partial charge on any atom is 0.241 e.